The molecule has 130 valence electrons. The second kappa shape index (κ2) is 7.70. The molecule has 0 radical (unpaired) electrons. The number of benzene rings is 2. The summed E-state index contributed by atoms with van der Waals surface area (Å²) in [5, 5.41) is 3.50. The van der Waals surface area contributed by atoms with Crippen molar-refractivity contribution in [2.45, 2.75) is 19.8 Å². The number of nitrogens with zero attached hydrogens (tertiary/aromatic N) is 1. The Morgan fingerprint density at radius 1 is 1.16 bits per heavy atom. The minimum absolute atomic E-state index is 0.0332. The highest BCUT2D eigenvalue weighted by Crippen LogP contribution is 2.22. The second-order valence-corrected chi connectivity index (χ2v) is 6.90. The molecule has 5 heteroatoms. The van der Waals surface area contributed by atoms with Crippen LogP contribution >= 0.6 is 11.6 Å². The third kappa shape index (κ3) is 4.40. The molecule has 1 aliphatic rings. The minimum atomic E-state index is -0.197. The molecule has 0 bridgehead atoms. The topological polar surface area (TPSA) is 49.4 Å². The molecule has 25 heavy (non-hydrogen) atoms. The van der Waals surface area contributed by atoms with Gasteiger partial charge in [0, 0.05) is 29.4 Å². The van der Waals surface area contributed by atoms with E-state index in [2.05, 4.69) is 5.32 Å². The Bertz CT molecular complexity index is 791. The molecule has 1 aliphatic heterocycles. The van der Waals surface area contributed by atoms with E-state index in [0.717, 1.165) is 24.1 Å². The number of carbonyl (C=O) groups excluding carboxylic acids is 2. The summed E-state index contributed by atoms with van der Waals surface area (Å²) in [5.74, 6) is -0.304. The van der Waals surface area contributed by atoms with E-state index in [4.69, 9.17) is 11.6 Å². The van der Waals surface area contributed by atoms with Gasteiger partial charge in [-0.1, -0.05) is 29.8 Å². The Morgan fingerprint density at radius 3 is 2.72 bits per heavy atom. The van der Waals surface area contributed by atoms with Gasteiger partial charge in [-0.25, -0.2) is 0 Å². The predicted molar refractivity (Wildman–Crippen MR) is 99.9 cm³/mol. The van der Waals surface area contributed by atoms with Crippen LogP contribution in [0.2, 0.25) is 5.02 Å². The summed E-state index contributed by atoms with van der Waals surface area (Å²) in [6.45, 7) is 3.09. The molecule has 2 aromatic carbocycles. The average Bonchev–Trinajstić information content (AvgIpc) is 2.61. The lowest BCUT2D eigenvalue weighted by molar-refractivity contribution is -0.121. The largest absolute Gasteiger partial charge is 0.338 e. The molecular formula is C20H21ClN2O2. The van der Waals surface area contributed by atoms with Crippen molar-refractivity contribution in [2.75, 3.05) is 18.4 Å². The first-order chi connectivity index (χ1) is 12.0. The van der Waals surface area contributed by atoms with E-state index < -0.39 is 0 Å². The Hall–Kier alpha value is -2.33. The number of nitrogens with one attached hydrogen (secondary N) is 1. The van der Waals surface area contributed by atoms with Gasteiger partial charge in [0.2, 0.25) is 5.91 Å². The molecule has 2 amide bonds. The molecule has 0 spiro atoms. The van der Waals surface area contributed by atoms with Crippen LogP contribution in [-0.2, 0) is 4.79 Å². The third-order valence-electron chi connectivity index (χ3n) is 4.44. The van der Waals surface area contributed by atoms with Crippen LogP contribution in [0.1, 0.15) is 28.8 Å². The summed E-state index contributed by atoms with van der Waals surface area (Å²) in [7, 11) is 0. The van der Waals surface area contributed by atoms with Gasteiger partial charge in [-0.2, -0.15) is 0 Å². The average molecular weight is 357 g/mol. The zero-order valence-corrected chi connectivity index (χ0v) is 14.9. The second-order valence-electron chi connectivity index (χ2n) is 6.46. The van der Waals surface area contributed by atoms with E-state index in [0.29, 0.717) is 23.7 Å². The van der Waals surface area contributed by atoms with Gasteiger partial charge in [-0.05, 0) is 55.7 Å². The van der Waals surface area contributed by atoms with Crippen molar-refractivity contribution in [3.05, 3.63) is 64.7 Å². The maximum absolute atomic E-state index is 12.7. The maximum Gasteiger partial charge on any atom is 0.253 e. The van der Waals surface area contributed by atoms with Crippen LogP contribution in [0.3, 0.4) is 0 Å². The SMILES string of the molecule is Cc1cccc(NC(=O)[C@H]2CCCN(C(=O)c3cccc(Cl)c3)C2)c1. The lowest BCUT2D eigenvalue weighted by Gasteiger charge is -2.32. The first-order valence-electron chi connectivity index (χ1n) is 8.45. The highest BCUT2D eigenvalue weighted by molar-refractivity contribution is 6.30. The van der Waals surface area contributed by atoms with E-state index in [1.807, 2.05) is 31.2 Å². The lowest BCUT2D eigenvalue weighted by Crippen LogP contribution is -2.43. The van der Waals surface area contributed by atoms with Gasteiger partial charge in [0.1, 0.15) is 0 Å². The van der Waals surface area contributed by atoms with E-state index >= 15 is 0 Å². The Morgan fingerprint density at radius 2 is 1.96 bits per heavy atom. The zero-order chi connectivity index (χ0) is 17.8. The number of likely N-dealkylation sites (tertiary alicyclic amines) is 1. The summed E-state index contributed by atoms with van der Waals surface area (Å²) >= 11 is 5.98. The molecule has 0 aliphatic carbocycles. The number of hydrogen-bond donors (Lipinski definition) is 1. The summed E-state index contributed by atoms with van der Waals surface area (Å²) in [4.78, 5) is 27.0. The molecule has 0 unspecified atom stereocenters. The maximum atomic E-state index is 12.7. The Balaban J connectivity index is 1.66. The van der Waals surface area contributed by atoms with Crippen molar-refractivity contribution in [2.24, 2.45) is 5.92 Å². The van der Waals surface area contributed by atoms with Crippen LogP contribution in [0.25, 0.3) is 0 Å². The number of piperidine rings is 1. The molecule has 1 saturated heterocycles. The van der Waals surface area contributed by atoms with Crippen LogP contribution in [0.4, 0.5) is 5.69 Å². The normalized spacial score (nSPS) is 17.2. The Labute approximate surface area is 152 Å². The Kier molecular flexibility index (Phi) is 5.39. The van der Waals surface area contributed by atoms with Crippen molar-refractivity contribution >= 4 is 29.1 Å². The highest BCUT2D eigenvalue weighted by atomic mass is 35.5. The minimum Gasteiger partial charge on any atom is -0.338 e. The molecule has 3 rings (SSSR count). The monoisotopic (exact) mass is 356 g/mol. The first kappa shape index (κ1) is 17.5. The van der Waals surface area contributed by atoms with Crippen molar-refractivity contribution < 1.29 is 9.59 Å². The van der Waals surface area contributed by atoms with Gasteiger partial charge >= 0.3 is 0 Å². The van der Waals surface area contributed by atoms with Crippen molar-refractivity contribution in [1.29, 1.82) is 0 Å². The molecule has 4 nitrogen and oxygen atoms in total. The van der Waals surface area contributed by atoms with Gasteiger partial charge in [0.25, 0.3) is 5.91 Å². The van der Waals surface area contributed by atoms with E-state index in [-0.39, 0.29) is 17.7 Å². The molecule has 1 atom stereocenters. The van der Waals surface area contributed by atoms with E-state index in [9.17, 15) is 9.59 Å². The van der Waals surface area contributed by atoms with Gasteiger partial charge in [-0.15, -0.1) is 0 Å². The highest BCUT2D eigenvalue weighted by Gasteiger charge is 2.29. The molecule has 2 aromatic rings. The van der Waals surface area contributed by atoms with Crippen molar-refractivity contribution in [1.82, 2.24) is 4.90 Å². The van der Waals surface area contributed by atoms with Gasteiger partial charge in [0.15, 0.2) is 0 Å². The predicted octanol–water partition coefficient (Wildman–Crippen LogP) is 4.14. The quantitative estimate of drug-likeness (QED) is 0.898. The van der Waals surface area contributed by atoms with Gasteiger partial charge in [-0.3, -0.25) is 9.59 Å². The van der Waals surface area contributed by atoms with Gasteiger partial charge in [0.05, 0.1) is 5.92 Å². The zero-order valence-electron chi connectivity index (χ0n) is 14.2. The van der Waals surface area contributed by atoms with Crippen LogP contribution < -0.4 is 5.32 Å². The van der Waals surface area contributed by atoms with E-state index in [1.165, 1.54) is 0 Å². The van der Waals surface area contributed by atoms with Crippen LogP contribution in [0.15, 0.2) is 48.5 Å². The summed E-state index contributed by atoms with van der Waals surface area (Å²) in [5.41, 5.74) is 2.45. The van der Waals surface area contributed by atoms with Crippen LogP contribution in [0.5, 0.6) is 0 Å². The molecule has 1 heterocycles. The number of amides is 2. The molecule has 0 saturated carbocycles. The smallest absolute Gasteiger partial charge is 0.253 e. The van der Waals surface area contributed by atoms with Crippen molar-refractivity contribution in [3.63, 3.8) is 0 Å². The summed E-state index contributed by atoms with van der Waals surface area (Å²) in [6, 6.07) is 14.7. The number of aryl methyl sites for hydroxylation is 1. The number of hydrogen-bond acceptors (Lipinski definition) is 2. The molecule has 1 N–H and O–H groups in total. The number of halogens is 1. The fourth-order valence-corrected chi connectivity index (χ4v) is 3.34. The van der Waals surface area contributed by atoms with E-state index in [1.54, 1.807) is 29.2 Å². The summed E-state index contributed by atoms with van der Waals surface area (Å²) in [6.07, 6.45) is 1.61. The number of rotatable bonds is 3. The molecular weight excluding hydrogens is 336 g/mol. The number of anilines is 1. The fraction of sp³-hybridized carbons (Fsp3) is 0.300. The number of carbonyl (C=O) groups is 2. The standard InChI is InChI=1S/C20H21ClN2O2/c1-14-5-2-9-18(11-14)22-19(24)16-7-4-10-23(13-16)20(25)15-6-3-8-17(21)12-15/h2-3,5-6,8-9,11-12,16H,4,7,10,13H2,1H3,(H,22,24)/t16-/m0/s1. The van der Waals surface area contributed by atoms with Gasteiger partial charge < -0.3 is 10.2 Å². The first-order valence-corrected chi connectivity index (χ1v) is 8.83. The van der Waals surface area contributed by atoms with Crippen LogP contribution in [-0.4, -0.2) is 29.8 Å². The van der Waals surface area contributed by atoms with Crippen LogP contribution in [0, 0.1) is 12.8 Å². The summed E-state index contributed by atoms with van der Waals surface area (Å²) < 4.78 is 0. The lowest BCUT2D eigenvalue weighted by atomic mass is 9.96. The molecule has 0 aromatic heterocycles. The third-order valence-corrected chi connectivity index (χ3v) is 4.67. The molecule has 1 fully saturated rings. The van der Waals surface area contributed by atoms with Crippen molar-refractivity contribution in [3.8, 4) is 0 Å². The fourth-order valence-electron chi connectivity index (χ4n) is 3.15.